The minimum atomic E-state index is 0.347. The lowest BCUT2D eigenvalue weighted by Gasteiger charge is -2.28. The van der Waals surface area contributed by atoms with Crippen molar-refractivity contribution in [1.29, 1.82) is 0 Å². The maximum atomic E-state index is 5.99. The Bertz CT molecular complexity index is 496. The van der Waals surface area contributed by atoms with Crippen LogP contribution in [0.2, 0.25) is 0 Å². The number of hydrogen-bond acceptors (Lipinski definition) is 4. The van der Waals surface area contributed by atoms with E-state index in [1.165, 1.54) is 0 Å². The lowest BCUT2D eigenvalue weighted by molar-refractivity contribution is 0.672. The van der Waals surface area contributed by atoms with E-state index in [0.29, 0.717) is 6.04 Å². The third kappa shape index (κ3) is 2.77. The second-order valence-corrected chi connectivity index (χ2v) is 4.49. The molecule has 0 saturated carbocycles. The highest BCUT2D eigenvalue weighted by atomic mass is 15.2. The van der Waals surface area contributed by atoms with Gasteiger partial charge in [-0.2, -0.15) is 0 Å². The zero-order valence-electron chi connectivity index (χ0n) is 10.7. The van der Waals surface area contributed by atoms with Crippen molar-refractivity contribution in [2.24, 2.45) is 0 Å². The van der Waals surface area contributed by atoms with Crippen LogP contribution in [0.5, 0.6) is 0 Å². The molecule has 0 aliphatic rings. The maximum Gasteiger partial charge on any atom is 0.132 e. The van der Waals surface area contributed by atoms with E-state index >= 15 is 0 Å². The van der Waals surface area contributed by atoms with Crippen LogP contribution in [0, 0.1) is 0 Å². The van der Waals surface area contributed by atoms with Gasteiger partial charge in [-0.25, -0.2) is 9.97 Å². The topological polar surface area (TPSA) is 55.0 Å². The number of anilines is 2. The van der Waals surface area contributed by atoms with E-state index in [1.807, 2.05) is 30.3 Å². The van der Waals surface area contributed by atoms with Crippen LogP contribution in [-0.4, -0.2) is 16.0 Å². The molecule has 1 aromatic carbocycles. The van der Waals surface area contributed by atoms with Crippen LogP contribution in [-0.2, 0) is 6.54 Å². The normalized spacial score (nSPS) is 10.6. The Morgan fingerprint density at radius 3 is 2.61 bits per heavy atom. The summed E-state index contributed by atoms with van der Waals surface area (Å²) < 4.78 is 0. The molecule has 0 spiro atoms. The number of nitrogen functional groups attached to an aromatic ring is 1. The van der Waals surface area contributed by atoms with Crippen molar-refractivity contribution in [1.82, 2.24) is 9.97 Å². The van der Waals surface area contributed by atoms with Crippen LogP contribution in [0.4, 0.5) is 11.5 Å². The SMILES string of the molecule is CC(C)N(Cc1ccccc1N)c1ccncn1. The molecule has 0 unspecified atom stereocenters. The molecular weight excluding hydrogens is 224 g/mol. The first-order chi connectivity index (χ1) is 8.68. The molecule has 4 nitrogen and oxygen atoms in total. The smallest absolute Gasteiger partial charge is 0.132 e. The van der Waals surface area contributed by atoms with Gasteiger partial charge in [-0.15, -0.1) is 0 Å². The number of para-hydroxylation sites is 1. The lowest BCUT2D eigenvalue weighted by Crippen LogP contribution is -2.31. The molecule has 1 heterocycles. The van der Waals surface area contributed by atoms with Gasteiger partial charge in [0.1, 0.15) is 12.1 Å². The molecule has 1 aromatic heterocycles. The quantitative estimate of drug-likeness (QED) is 0.837. The van der Waals surface area contributed by atoms with Gasteiger partial charge in [0.25, 0.3) is 0 Å². The van der Waals surface area contributed by atoms with E-state index in [2.05, 4.69) is 28.7 Å². The van der Waals surface area contributed by atoms with Gasteiger partial charge in [-0.05, 0) is 31.5 Å². The first-order valence-corrected chi connectivity index (χ1v) is 6.04. The van der Waals surface area contributed by atoms with Gasteiger partial charge in [0, 0.05) is 24.5 Å². The predicted molar refractivity (Wildman–Crippen MR) is 74.2 cm³/mol. The number of nitrogens with zero attached hydrogens (tertiary/aromatic N) is 3. The summed E-state index contributed by atoms with van der Waals surface area (Å²) in [6.07, 6.45) is 3.32. The fraction of sp³-hybridized carbons (Fsp3) is 0.286. The highest BCUT2D eigenvalue weighted by Crippen LogP contribution is 2.19. The maximum absolute atomic E-state index is 5.99. The molecule has 0 atom stereocenters. The predicted octanol–water partition coefficient (Wildman–Crippen LogP) is 2.47. The lowest BCUT2D eigenvalue weighted by atomic mass is 10.1. The first kappa shape index (κ1) is 12.4. The van der Waals surface area contributed by atoms with Gasteiger partial charge in [0.15, 0.2) is 0 Å². The molecule has 0 fully saturated rings. The van der Waals surface area contributed by atoms with Gasteiger partial charge in [-0.1, -0.05) is 18.2 Å². The molecule has 18 heavy (non-hydrogen) atoms. The minimum absolute atomic E-state index is 0.347. The summed E-state index contributed by atoms with van der Waals surface area (Å²) in [5.74, 6) is 0.920. The van der Waals surface area contributed by atoms with E-state index in [-0.39, 0.29) is 0 Å². The van der Waals surface area contributed by atoms with E-state index < -0.39 is 0 Å². The van der Waals surface area contributed by atoms with Crippen molar-refractivity contribution < 1.29 is 0 Å². The van der Waals surface area contributed by atoms with Crippen LogP contribution in [0.25, 0.3) is 0 Å². The molecule has 0 radical (unpaired) electrons. The molecule has 0 saturated heterocycles. The summed E-state index contributed by atoms with van der Waals surface area (Å²) in [6.45, 7) is 5.03. The molecule has 2 N–H and O–H groups in total. The van der Waals surface area contributed by atoms with Crippen molar-refractivity contribution >= 4 is 11.5 Å². The summed E-state index contributed by atoms with van der Waals surface area (Å²) in [5.41, 5.74) is 7.92. The zero-order valence-corrected chi connectivity index (χ0v) is 10.7. The second-order valence-electron chi connectivity index (χ2n) is 4.49. The number of hydrogen-bond donors (Lipinski definition) is 1. The van der Waals surface area contributed by atoms with Crippen molar-refractivity contribution in [2.75, 3.05) is 10.6 Å². The van der Waals surface area contributed by atoms with Crippen molar-refractivity contribution in [3.8, 4) is 0 Å². The Balaban J connectivity index is 2.26. The number of benzene rings is 1. The minimum Gasteiger partial charge on any atom is -0.398 e. The van der Waals surface area contributed by atoms with Gasteiger partial charge in [0.05, 0.1) is 0 Å². The largest absolute Gasteiger partial charge is 0.398 e. The van der Waals surface area contributed by atoms with Gasteiger partial charge in [-0.3, -0.25) is 0 Å². The van der Waals surface area contributed by atoms with Gasteiger partial charge in [0.2, 0.25) is 0 Å². The first-order valence-electron chi connectivity index (χ1n) is 6.04. The summed E-state index contributed by atoms with van der Waals surface area (Å²) >= 11 is 0. The monoisotopic (exact) mass is 242 g/mol. The van der Waals surface area contributed by atoms with Crippen molar-refractivity contribution in [3.05, 3.63) is 48.4 Å². The fourth-order valence-electron chi connectivity index (χ4n) is 1.84. The van der Waals surface area contributed by atoms with Crippen LogP contribution >= 0.6 is 0 Å². The fourth-order valence-corrected chi connectivity index (χ4v) is 1.84. The molecule has 0 aliphatic carbocycles. The second kappa shape index (κ2) is 5.49. The third-order valence-corrected chi connectivity index (χ3v) is 2.88. The summed E-state index contributed by atoms with van der Waals surface area (Å²) in [5, 5.41) is 0. The number of rotatable bonds is 4. The Morgan fingerprint density at radius 1 is 1.22 bits per heavy atom. The molecule has 2 aromatic rings. The molecule has 0 aliphatic heterocycles. The summed E-state index contributed by atoms with van der Waals surface area (Å²) in [7, 11) is 0. The average molecular weight is 242 g/mol. The van der Waals surface area contributed by atoms with Crippen LogP contribution in [0.1, 0.15) is 19.4 Å². The Hall–Kier alpha value is -2.10. The third-order valence-electron chi connectivity index (χ3n) is 2.88. The van der Waals surface area contributed by atoms with E-state index in [0.717, 1.165) is 23.6 Å². The Labute approximate surface area is 107 Å². The van der Waals surface area contributed by atoms with Crippen LogP contribution in [0.3, 0.4) is 0 Å². The van der Waals surface area contributed by atoms with E-state index in [4.69, 9.17) is 5.73 Å². The average Bonchev–Trinajstić information content (AvgIpc) is 2.38. The molecule has 4 heteroatoms. The number of nitrogens with two attached hydrogens (primary N) is 1. The molecule has 0 amide bonds. The summed E-state index contributed by atoms with van der Waals surface area (Å²) in [6, 6.07) is 10.2. The molecule has 0 bridgehead atoms. The standard InChI is InChI=1S/C14H18N4/c1-11(2)18(14-7-8-16-10-17-14)9-12-5-3-4-6-13(12)15/h3-8,10-11H,9,15H2,1-2H3. The van der Waals surface area contributed by atoms with E-state index in [9.17, 15) is 0 Å². The van der Waals surface area contributed by atoms with Crippen LogP contribution < -0.4 is 10.6 Å². The Kier molecular flexibility index (Phi) is 3.77. The highest BCUT2D eigenvalue weighted by molar-refractivity contribution is 5.49. The van der Waals surface area contributed by atoms with Gasteiger partial charge < -0.3 is 10.6 Å². The van der Waals surface area contributed by atoms with Crippen molar-refractivity contribution in [2.45, 2.75) is 26.4 Å². The number of aromatic nitrogens is 2. The molecule has 94 valence electrons. The zero-order chi connectivity index (χ0) is 13.0. The van der Waals surface area contributed by atoms with E-state index in [1.54, 1.807) is 12.5 Å². The summed E-state index contributed by atoms with van der Waals surface area (Å²) in [4.78, 5) is 10.5. The van der Waals surface area contributed by atoms with Crippen LogP contribution in [0.15, 0.2) is 42.9 Å². The van der Waals surface area contributed by atoms with Crippen molar-refractivity contribution in [3.63, 3.8) is 0 Å². The molecular formula is C14H18N4. The highest BCUT2D eigenvalue weighted by Gasteiger charge is 2.13. The molecule has 2 rings (SSSR count). The Morgan fingerprint density at radius 2 is 2.00 bits per heavy atom. The van der Waals surface area contributed by atoms with Gasteiger partial charge >= 0.3 is 0 Å².